The Balaban J connectivity index is 1.70. The molecule has 1 amide bonds. The van der Waals surface area contributed by atoms with Gasteiger partial charge in [-0.3, -0.25) is 4.79 Å². The first-order chi connectivity index (χ1) is 10.1. The summed E-state index contributed by atoms with van der Waals surface area (Å²) in [6.07, 6.45) is 0.637. The third-order valence-electron chi connectivity index (χ3n) is 4.24. The fourth-order valence-corrected chi connectivity index (χ4v) is 2.93. The normalized spacial score (nSPS) is 29.7. The highest BCUT2D eigenvalue weighted by molar-refractivity contribution is 6.30. The molecule has 0 radical (unpaired) electrons. The highest BCUT2D eigenvalue weighted by atomic mass is 35.5. The fourth-order valence-electron chi connectivity index (χ4n) is 2.81. The van der Waals surface area contributed by atoms with E-state index in [2.05, 4.69) is 12.2 Å². The average Bonchev–Trinajstić information content (AvgIpc) is 3.23. The van der Waals surface area contributed by atoms with Gasteiger partial charge >= 0.3 is 0 Å². The zero-order chi connectivity index (χ0) is 14.8. The number of rotatable bonds is 4. The summed E-state index contributed by atoms with van der Waals surface area (Å²) in [4.78, 5) is 12.3. The van der Waals surface area contributed by atoms with Crippen LogP contribution in [0.3, 0.4) is 0 Å². The van der Waals surface area contributed by atoms with E-state index < -0.39 is 6.10 Å². The first-order valence-electron chi connectivity index (χ1n) is 7.40. The number of nitrogens with one attached hydrogen (secondary N) is 1. The lowest BCUT2D eigenvalue weighted by Crippen LogP contribution is -2.44. The Kier molecular flexibility index (Phi) is 4.48. The van der Waals surface area contributed by atoms with Crippen LogP contribution >= 0.6 is 11.6 Å². The maximum Gasteiger partial charge on any atom is 0.252 e. The monoisotopic (exact) mass is 309 g/mol. The van der Waals surface area contributed by atoms with Crippen molar-refractivity contribution in [1.29, 1.82) is 0 Å². The lowest BCUT2D eigenvalue weighted by molar-refractivity contribution is -0.148. The van der Waals surface area contributed by atoms with E-state index in [0.29, 0.717) is 36.7 Å². The van der Waals surface area contributed by atoms with E-state index in [4.69, 9.17) is 21.1 Å². The quantitative estimate of drug-likeness (QED) is 0.930. The van der Waals surface area contributed by atoms with Gasteiger partial charge in [0.25, 0.3) is 5.91 Å². The average molecular weight is 310 g/mol. The Morgan fingerprint density at radius 2 is 2.05 bits per heavy atom. The zero-order valence-corrected chi connectivity index (χ0v) is 12.8. The van der Waals surface area contributed by atoms with Gasteiger partial charge in [-0.15, -0.1) is 0 Å². The van der Waals surface area contributed by atoms with E-state index in [-0.39, 0.29) is 11.9 Å². The standard InChI is InChI=1S/C16H20ClNO3/c1-10-8-13(10)15(11-2-4-12(17)5-3-11)18-16(19)14-9-20-6-7-21-14/h2-5,10,13-15H,6-9H2,1H3,(H,18,19)/t10-,13+,14+,15+/m1/s1. The summed E-state index contributed by atoms with van der Waals surface area (Å²) in [6.45, 7) is 3.58. The van der Waals surface area contributed by atoms with E-state index in [1.165, 1.54) is 0 Å². The van der Waals surface area contributed by atoms with Crippen LogP contribution in [-0.2, 0) is 14.3 Å². The number of carbonyl (C=O) groups excluding carboxylic acids is 1. The molecule has 0 spiro atoms. The van der Waals surface area contributed by atoms with Crippen LogP contribution in [-0.4, -0.2) is 31.8 Å². The minimum Gasteiger partial charge on any atom is -0.376 e. The third-order valence-corrected chi connectivity index (χ3v) is 4.49. The van der Waals surface area contributed by atoms with Crippen molar-refractivity contribution in [2.45, 2.75) is 25.5 Å². The molecule has 0 aromatic heterocycles. The molecule has 1 aliphatic carbocycles. The molecule has 1 aliphatic heterocycles. The van der Waals surface area contributed by atoms with E-state index in [1.54, 1.807) is 0 Å². The predicted molar refractivity (Wildman–Crippen MR) is 80.2 cm³/mol. The molecule has 2 fully saturated rings. The topological polar surface area (TPSA) is 47.6 Å². The molecule has 1 aromatic carbocycles. The maximum atomic E-state index is 12.3. The van der Waals surface area contributed by atoms with Crippen molar-refractivity contribution >= 4 is 17.5 Å². The van der Waals surface area contributed by atoms with Gasteiger partial charge in [0, 0.05) is 5.02 Å². The lowest BCUT2D eigenvalue weighted by Gasteiger charge is -2.26. The largest absolute Gasteiger partial charge is 0.376 e. The Morgan fingerprint density at radius 3 is 2.62 bits per heavy atom. The van der Waals surface area contributed by atoms with Gasteiger partial charge in [-0.25, -0.2) is 0 Å². The number of ether oxygens (including phenoxy) is 2. The molecular formula is C16H20ClNO3. The van der Waals surface area contributed by atoms with Crippen LogP contribution in [0.1, 0.15) is 24.9 Å². The highest BCUT2D eigenvalue weighted by Gasteiger charge is 2.41. The van der Waals surface area contributed by atoms with Crippen LogP contribution in [0.2, 0.25) is 5.02 Å². The second-order valence-corrected chi connectivity index (χ2v) is 6.29. The summed E-state index contributed by atoms with van der Waals surface area (Å²) in [5, 5.41) is 3.83. The molecule has 1 N–H and O–H groups in total. The Hall–Kier alpha value is -1.10. The van der Waals surface area contributed by atoms with Crippen molar-refractivity contribution in [3.8, 4) is 0 Å². The van der Waals surface area contributed by atoms with Crippen molar-refractivity contribution in [2.75, 3.05) is 19.8 Å². The first-order valence-corrected chi connectivity index (χ1v) is 7.78. The Bertz CT molecular complexity index is 499. The number of hydrogen-bond donors (Lipinski definition) is 1. The smallest absolute Gasteiger partial charge is 0.252 e. The second-order valence-electron chi connectivity index (χ2n) is 5.85. The van der Waals surface area contributed by atoms with Gasteiger partial charge in [-0.1, -0.05) is 30.7 Å². The zero-order valence-electron chi connectivity index (χ0n) is 12.0. The predicted octanol–water partition coefficient (Wildman–Crippen LogP) is 2.57. The molecule has 4 nitrogen and oxygen atoms in total. The molecule has 1 saturated carbocycles. The molecule has 3 rings (SSSR count). The minimum absolute atomic E-state index is 0.0234. The van der Waals surface area contributed by atoms with Crippen molar-refractivity contribution in [3.63, 3.8) is 0 Å². The van der Waals surface area contributed by atoms with Crippen LogP contribution in [0, 0.1) is 11.8 Å². The van der Waals surface area contributed by atoms with Crippen molar-refractivity contribution in [3.05, 3.63) is 34.9 Å². The number of amides is 1. The van der Waals surface area contributed by atoms with E-state index in [1.807, 2.05) is 24.3 Å². The van der Waals surface area contributed by atoms with Crippen molar-refractivity contribution in [1.82, 2.24) is 5.32 Å². The molecule has 2 aliphatic rings. The lowest BCUT2D eigenvalue weighted by atomic mass is 10.0. The van der Waals surface area contributed by atoms with Gasteiger partial charge < -0.3 is 14.8 Å². The maximum absolute atomic E-state index is 12.3. The molecular weight excluding hydrogens is 290 g/mol. The Morgan fingerprint density at radius 1 is 1.33 bits per heavy atom. The highest BCUT2D eigenvalue weighted by Crippen LogP contribution is 2.47. The van der Waals surface area contributed by atoms with Gasteiger partial charge in [-0.05, 0) is 36.0 Å². The van der Waals surface area contributed by atoms with Crippen LogP contribution in [0.25, 0.3) is 0 Å². The number of carbonyl (C=O) groups is 1. The van der Waals surface area contributed by atoms with Crippen LogP contribution in [0.5, 0.6) is 0 Å². The summed E-state index contributed by atoms with van der Waals surface area (Å²) in [6, 6.07) is 7.72. The van der Waals surface area contributed by atoms with E-state index >= 15 is 0 Å². The second kappa shape index (κ2) is 6.34. The summed E-state index contributed by atoms with van der Waals surface area (Å²) in [5.74, 6) is 1.03. The molecule has 1 heterocycles. The summed E-state index contributed by atoms with van der Waals surface area (Å²) in [7, 11) is 0. The van der Waals surface area contributed by atoms with Gasteiger partial charge in [0.05, 0.1) is 25.9 Å². The SMILES string of the molecule is C[C@@H]1C[C@@H]1[C@@H](NC(=O)[C@@H]1COCCO1)c1ccc(Cl)cc1. The molecule has 21 heavy (non-hydrogen) atoms. The van der Waals surface area contributed by atoms with Gasteiger partial charge in [0.1, 0.15) is 0 Å². The van der Waals surface area contributed by atoms with Crippen molar-refractivity contribution < 1.29 is 14.3 Å². The summed E-state index contributed by atoms with van der Waals surface area (Å²) in [5.41, 5.74) is 1.10. The van der Waals surface area contributed by atoms with E-state index in [9.17, 15) is 4.79 Å². The summed E-state index contributed by atoms with van der Waals surface area (Å²) < 4.78 is 10.8. The van der Waals surface area contributed by atoms with Crippen molar-refractivity contribution in [2.24, 2.45) is 11.8 Å². The molecule has 0 bridgehead atoms. The first kappa shape index (κ1) is 14.8. The molecule has 5 heteroatoms. The van der Waals surface area contributed by atoms with Crippen LogP contribution < -0.4 is 5.32 Å². The number of halogens is 1. The molecule has 0 unspecified atom stereocenters. The molecule has 4 atom stereocenters. The minimum atomic E-state index is -0.498. The van der Waals surface area contributed by atoms with Gasteiger partial charge in [0.2, 0.25) is 0 Å². The van der Waals surface area contributed by atoms with E-state index in [0.717, 1.165) is 12.0 Å². The van der Waals surface area contributed by atoms with Crippen LogP contribution in [0.4, 0.5) is 0 Å². The van der Waals surface area contributed by atoms with Gasteiger partial charge in [0.15, 0.2) is 6.10 Å². The molecule has 1 saturated heterocycles. The number of hydrogen-bond acceptors (Lipinski definition) is 3. The fraction of sp³-hybridized carbons (Fsp3) is 0.562. The summed E-state index contributed by atoms with van der Waals surface area (Å²) >= 11 is 5.94. The third kappa shape index (κ3) is 3.57. The molecule has 114 valence electrons. The number of benzene rings is 1. The Labute approximate surface area is 129 Å². The van der Waals surface area contributed by atoms with Crippen LogP contribution in [0.15, 0.2) is 24.3 Å². The molecule has 1 aromatic rings. The van der Waals surface area contributed by atoms with Gasteiger partial charge in [-0.2, -0.15) is 0 Å².